The lowest BCUT2D eigenvalue weighted by Gasteiger charge is -2.08. The highest BCUT2D eigenvalue weighted by atomic mass is 32.2. The molecule has 0 unspecified atom stereocenters. The van der Waals surface area contributed by atoms with Gasteiger partial charge < -0.3 is 15.5 Å². The monoisotopic (exact) mass is 298 g/mol. The normalized spacial score (nSPS) is 10.7. The van der Waals surface area contributed by atoms with Crippen LogP contribution < -0.4 is 5.73 Å². The van der Waals surface area contributed by atoms with Crippen molar-refractivity contribution in [1.82, 2.24) is 4.98 Å². The van der Waals surface area contributed by atoms with Crippen molar-refractivity contribution in [1.29, 1.82) is 0 Å². The molecule has 1 aromatic heterocycles. The Balaban J connectivity index is 1.96. The van der Waals surface area contributed by atoms with Crippen molar-refractivity contribution >= 4 is 34.3 Å². The molecule has 3 N–H and O–H groups in total. The number of fused-ring (bicyclic) bond motifs is 1. The van der Waals surface area contributed by atoms with Crippen LogP contribution in [0.2, 0.25) is 0 Å². The van der Waals surface area contributed by atoms with Crippen LogP contribution in [0.15, 0.2) is 58.5 Å². The van der Waals surface area contributed by atoms with Crippen LogP contribution in [0.5, 0.6) is 0 Å². The third-order valence-electron chi connectivity index (χ3n) is 3.20. The van der Waals surface area contributed by atoms with Crippen molar-refractivity contribution < 1.29 is 9.53 Å². The Labute approximate surface area is 126 Å². The maximum absolute atomic E-state index is 11.7. The summed E-state index contributed by atoms with van der Waals surface area (Å²) >= 11 is 1.49. The Morgan fingerprint density at radius 3 is 2.76 bits per heavy atom. The lowest BCUT2D eigenvalue weighted by atomic mass is 10.2. The number of hydrogen-bond donors (Lipinski definition) is 2. The third-order valence-corrected chi connectivity index (χ3v) is 4.21. The molecule has 0 spiro atoms. The van der Waals surface area contributed by atoms with Gasteiger partial charge in [0.2, 0.25) is 0 Å². The van der Waals surface area contributed by atoms with Gasteiger partial charge in [0.1, 0.15) is 0 Å². The number of hydrogen-bond acceptors (Lipinski definition) is 4. The van der Waals surface area contributed by atoms with E-state index in [0.717, 1.165) is 20.8 Å². The number of rotatable bonds is 3. The van der Waals surface area contributed by atoms with E-state index in [4.69, 9.17) is 10.5 Å². The summed E-state index contributed by atoms with van der Waals surface area (Å²) in [5.41, 5.74) is 7.96. The van der Waals surface area contributed by atoms with Crippen LogP contribution in [0.25, 0.3) is 10.9 Å². The molecule has 0 radical (unpaired) electrons. The fraction of sp³-hybridized carbons (Fsp3) is 0.0625. The highest BCUT2D eigenvalue weighted by molar-refractivity contribution is 7.99. The fourth-order valence-corrected chi connectivity index (χ4v) is 3.09. The third kappa shape index (κ3) is 2.60. The predicted octanol–water partition coefficient (Wildman–Crippen LogP) is 3.69. The van der Waals surface area contributed by atoms with Gasteiger partial charge >= 0.3 is 5.97 Å². The van der Waals surface area contributed by atoms with Crippen molar-refractivity contribution in [3.63, 3.8) is 0 Å². The number of ether oxygens (including phenoxy) is 1. The largest absolute Gasteiger partial charge is 0.465 e. The smallest absolute Gasteiger partial charge is 0.339 e. The number of nitrogens with one attached hydrogen (secondary N) is 1. The molecule has 21 heavy (non-hydrogen) atoms. The molecule has 0 aliphatic rings. The molecule has 1 heterocycles. The first-order chi connectivity index (χ1) is 10.2. The van der Waals surface area contributed by atoms with E-state index >= 15 is 0 Å². The van der Waals surface area contributed by atoms with Crippen LogP contribution in [0, 0.1) is 0 Å². The molecule has 0 saturated heterocycles. The molecule has 0 aliphatic heterocycles. The molecule has 0 fully saturated rings. The topological polar surface area (TPSA) is 68.1 Å². The number of nitrogen functional groups attached to an aromatic ring is 1. The highest BCUT2D eigenvalue weighted by Gasteiger charge is 2.14. The standard InChI is InChI=1S/C16H14N2O2S/c1-20-16(19)11-6-4-8-13(15(11)17)21-14-9-10-5-2-3-7-12(10)18-14/h2-9,18H,17H2,1H3. The second kappa shape index (κ2) is 5.54. The van der Waals surface area contributed by atoms with E-state index in [1.54, 1.807) is 12.1 Å². The van der Waals surface area contributed by atoms with E-state index in [-0.39, 0.29) is 0 Å². The summed E-state index contributed by atoms with van der Waals surface area (Å²) in [4.78, 5) is 15.8. The van der Waals surface area contributed by atoms with Gasteiger partial charge in [0, 0.05) is 15.8 Å². The Morgan fingerprint density at radius 1 is 1.19 bits per heavy atom. The molecular formula is C16H14N2O2S. The molecule has 106 valence electrons. The van der Waals surface area contributed by atoms with Crippen LogP contribution in [0.4, 0.5) is 5.69 Å². The number of para-hydroxylation sites is 2. The number of H-pyrrole nitrogens is 1. The maximum atomic E-state index is 11.7. The number of aromatic amines is 1. The zero-order valence-electron chi connectivity index (χ0n) is 11.4. The van der Waals surface area contributed by atoms with E-state index in [0.29, 0.717) is 11.3 Å². The summed E-state index contributed by atoms with van der Waals surface area (Å²) < 4.78 is 4.73. The zero-order chi connectivity index (χ0) is 14.8. The van der Waals surface area contributed by atoms with Crippen LogP contribution in [0.3, 0.4) is 0 Å². The van der Waals surface area contributed by atoms with Crippen LogP contribution in [0.1, 0.15) is 10.4 Å². The number of anilines is 1. The molecule has 3 rings (SSSR count). The van der Waals surface area contributed by atoms with Gasteiger partial charge in [-0.25, -0.2) is 4.79 Å². The minimum atomic E-state index is -0.424. The van der Waals surface area contributed by atoms with Crippen LogP contribution in [-0.2, 0) is 4.74 Å². The molecule has 0 aliphatic carbocycles. The number of aromatic nitrogens is 1. The predicted molar refractivity (Wildman–Crippen MR) is 84.6 cm³/mol. The van der Waals surface area contributed by atoms with E-state index in [1.165, 1.54) is 18.9 Å². The molecule has 3 aromatic rings. The average Bonchev–Trinajstić information content (AvgIpc) is 2.91. The summed E-state index contributed by atoms with van der Waals surface area (Å²) in [5.74, 6) is -0.424. The average molecular weight is 298 g/mol. The van der Waals surface area contributed by atoms with Gasteiger partial charge in [-0.15, -0.1) is 0 Å². The minimum Gasteiger partial charge on any atom is -0.465 e. The summed E-state index contributed by atoms with van der Waals surface area (Å²) in [6.45, 7) is 0. The second-order valence-corrected chi connectivity index (χ2v) is 5.62. The van der Waals surface area contributed by atoms with Gasteiger partial charge in [0.15, 0.2) is 0 Å². The quantitative estimate of drug-likeness (QED) is 0.571. The van der Waals surface area contributed by atoms with Crippen molar-refractivity contribution in [2.24, 2.45) is 0 Å². The van der Waals surface area contributed by atoms with E-state index in [2.05, 4.69) is 11.1 Å². The number of carbonyl (C=O) groups is 1. The lowest BCUT2D eigenvalue weighted by molar-refractivity contribution is 0.0601. The molecular weight excluding hydrogens is 284 g/mol. The summed E-state index contributed by atoms with van der Waals surface area (Å²) in [6, 6.07) is 15.5. The first-order valence-electron chi connectivity index (χ1n) is 6.41. The molecule has 0 amide bonds. The Hall–Kier alpha value is -2.40. The number of esters is 1. The molecule has 5 heteroatoms. The highest BCUT2D eigenvalue weighted by Crippen LogP contribution is 2.34. The zero-order valence-corrected chi connectivity index (χ0v) is 12.2. The van der Waals surface area contributed by atoms with E-state index in [9.17, 15) is 4.79 Å². The summed E-state index contributed by atoms with van der Waals surface area (Å²) in [5, 5.41) is 2.12. The number of methoxy groups -OCH3 is 1. The summed E-state index contributed by atoms with van der Waals surface area (Å²) in [6.07, 6.45) is 0. The van der Waals surface area contributed by atoms with Gasteiger partial charge in [-0.05, 0) is 24.3 Å². The van der Waals surface area contributed by atoms with Crippen LogP contribution in [-0.4, -0.2) is 18.1 Å². The van der Waals surface area contributed by atoms with E-state index < -0.39 is 5.97 Å². The summed E-state index contributed by atoms with van der Waals surface area (Å²) in [7, 11) is 1.35. The molecule has 0 bridgehead atoms. The van der Waals surface area contributed by atoms with Gasteiger partial charge in [-0.3, -0.25) is 0 Å². The van der Waals surface area contributed by atoms with Crippen molar-refractivity contribution in [2.45, 2.75) is 9.92 Å². The van der Waals surface area contributed by atoms with Crippen molar-refractivity contribution in [3.8, 4) is 0 Å². The van der Waals surface area contributed by atoms with Gasteiger partial charge in [0.25, 0.3) is 0 Å². The van der Waals surface area contributed by atoms with Crippen molar-refractivity contribution in [3.05, 3.63) is 54.1 Å². The van der Waals surface area contributed by atoms with Gasteiger partial charge in [-0.2, -0.15) is 0 Å². The van der Waals surface area contributed by atoms with Crippen LogP contribution >= 0.6 is 11.8 Å². The molecule has 2 aromatic carbocycles. The van der Waals surface area contributed by atoms with Gasteiger partial charge in [0.05, 0.1) is 23.4 Å². The first kappa shape index (κ1) is 13.6. The lowest BCUT2D eigenvalue weighted by Crippen LogP contribution is -2.06. The second-order valence-electron chi connectivity index (χ2n) is 4.53. The Morgan fingerprint density at radius 2 is 2.00 bits per heavy atom. The Bertz CT molecular complexity index is 778. The molecule has 4 nitrogen and oxygen atoms in total. The first-order valence-corrected chi connectivity index (χ1v) is 7.23. The minimum absolute atomic E-state index is 0.388. The molecule has 0 atom stereocenters. The van der Waals surface area contributed by atoms with E-state index in [1.807, 2.05) is 30.3 Å². The fourth-order valence-electron chi connectivity index (χ4n) is 2.14. The maximum Gasteiger partial charge on any atom is 0.339 e. The Kier molecular flexibility index (Phi) is 3.58. The number of benzene rings is 2. The van der Waals surface area contributed by atoms with Gasteiger partial charge in [-0.1, -0.05) is 36.0 Å². The molecule has 0 saturated carbocycles. The number of carbonyl (C=O) groups excluding carboxylic acids is 1. The van der Waals surface area contributed by atoms with Crippen molar-refractivity contribution in [2.75, 3.05) is 12.8 Å². The SMILES string of the molecule is COC(=O)c1cccc(Sc2cc3ccccc3[nH]2)c1N. The number of nitrogens with two attached hydrogens (primary N) is 1.